The molecule has 1 aromatic rings. The van der Waals surface area contributed by atoms with E-state index in [4.69, 9.17) is 5.73 Å². The standard InChI is InChI=1S/C9H15N3S/c1-7-3-2-4-12(5-7)9-11-8(10)6-13-9/h6-7H,2-5,10H2,1H3/t7-/m0/s1. The molecule has 72 valence electrons. The number of thiazole rings is 1. The van der Waals surface area contributed by atoms with Crippen LogP contribution in [0.5, 0.6) is 0 Å². The first-order chi connectivity index (χ1) is 6.25. The summed E-state index contributed by atoms with van der Waals surface area (Å²) in [6.45, 7) is 4.56. The number of anilines is 2. The number of hydrogen-bond donors (Lipinski definition) is 1. The molecular formula is C9H15N3S. The lowest BCUT2D eigenvalue weighted by Gasteiger charge is -2.30. The van der Waals surface area contributed by atoms with Crippen molar-refractivity contribution in [1.29, 1.82) is 0 Å². The fraction of sp³-hybridized carbons (Fsp3) is 0.667. The van der Waals surface area contributed by atoms with Crippen molar-refractivity contribution in [2.24, 2.45) is 5.92 Å². The van der Waals surface area contributed by atoms with E-state index in [9.17, 15) is 0 Å². The summed E-state index contributed by atoms with van der Waals surface area (Å²) < 4.78 is 0. The van der Waals surface area contributed by atoms with Crippen molar-refractivity contribution >= 4 is 22.3 Å². The molecule has 0 spiro atoms. The second kappa shape index (κ2) is 3.54. The van der Waals surface area contributed by atoms with E-state index in [1.807, 2.05) is 5.38 Å². The van der Waals surface area contributed by atoms with Crippen molar-refractivity contribution in [1.82, 2.24) is 4.98 Å². The number of piperidine rings is 1. The monoisotopic (exact) mass is 197 g/mol. The lowest BCUT2D eigenvalue weighted by molar-refractivity contribution is 0.446. The second-order valence-corrected chi connectivity index (χ2v) is 4.58. The topological polar surface area (TPSA) is 42.2 Å². The van der Waals surface area contributed by atoms with Gasteiger partial charge in [0.1, 0.15) is 5.82 Å². The molecule has 1 aliphatic rings. The Bertz CT molecular complexity index is 284. The fourth-order valence-corrected chi connectivity index (χ4v) is 2.54. The molecule has 0 radical (unpaired) electrons. The van der Waals surface area contributed by atoms with E-state index < -0.39 is 0 Å². The smallest absolute Gasteiger partial charge is 0.187 e. The molecule has 2 heterocycles. The van der Waals surface area contributed by atoms with Crippen molar-refractivity contribution in [2.75, 3.05) is 23.7 Å². The highest BCUT2D eigenvalue weighted by Crippen LogP contribution is 2.26. The molecule has 1 aliphatic heterocycles. The molecule has 0 aliphatic carbocycles. The number of nitrogen functional groups attached to an aromatic ring is 1. The van der Waals surface area contributed by atoms with Crippen molar-refractivity contribution < 1.29 is 0 Å². The summed E-state index contributed by atoms with van der Waals surface area (Å²) in [6.07, 6.45) is 2.62. The Morgan fingerprint density at radius 2 is 2.54 bits per heavy atom. The third-order valence-electron chi connectivity index (χ3n) is 2.44. The van der Waals surface area contributed by atoms with E-state index in [2.05, 4.69) is 16.8 Å². The van der Waals surface area contributed by atoms with Crippen molar-refractivity contribution in [2.45, 2.75) is 19.8 Å². The summed E-state index contributed by atoms with van der Waals surface area (Å²) in [6, 6.07) is 0. The molecule has 1 aromatic heterocycles. The van der Waals surface area contributed by atoms with Crippen LogP contribution in [0.25, 0.3) is 0 Å². The summed E-state index contributed by atoms with van der Waals surface area (Å²) in [5.74, 6) is 1.44. The van der Waals surface area contributed by atoms with Crippen LogP contribution in [0, 0.1) is 5.92 Å². The van der Waals surface area contributed by atoms with Crippen molar-refractivity contribution in [3.05, 3.63) is 5.38 Å². The SMILES string of the molecule is C[C@H]1CCCN(c2nc(N)cs2)C1. The van der Waals surface area contributed by atoms with Crippen LogP contribution in [0.1, 0.15) is 19.8 Å². The zero-order chi connectivity index (χ0) is 9.26. The minimum absolute atomic E-state index is 0.651. The van der Waals surface area contributed by atoms with Crippen LogP contribution in [-0.4, -0.2) is 18.1 Å². The summed E-state index contributed by atoms with van der Waals surface area (Å²) in [5, 5.41) is 3.00. The van der Waals surface area contributed by atoms with E-state index in [0.29, 0.717) is 5.82 Å². The molecule has 2 N–H and O–H groups in total. The molecule has 4 heteroatoms. The first kappa shape index (κ1) is 8.81. The van der Waals surface area contributed by atoms with Gasteiger partial charge in [0.25, 0.3) is 0 Å². The van der Waals surface area contributed by atoms with Crippen LogP contribution in [0.3, 0.4) is 0 Å². The van der Waals surface area contributed by atoms with Gasteiger partial charge < -0.3 is 10.6 Å². The Morgan fingerprint density at radius 3 is 3.15 bits per heavy atom. The minimum Gasteiger partial charge on any atom is -0.383 e. The Labute approximate surface area is 82.6 Å². The van der Waals surface area contributed by atoms with Gasteiger partial charge in [-0.1, -0.05) is 6.92 Å². The highest BCUT2D eigenvalue weighted by atomic mass is 32.1. The molecule has 0 bridgehead atoms. The maximum Gasteiger partial charge on any atom is 0.187 e. The summed E-state index contributed by atoms with van der Waals surface area (Å²) in [5.41, 5.74) is 5.59. The largest absolute Gasteiger partial charge is 0.383 e. The molecule has 0 aromatic carbocycles. The molecule has 1 fully saturated rings. The van der Waals surface area contributed by atoms with Gasteiger partial charge in [-0.3, -0.25) is 0 Å². The van der Waals surface area contributed by atoms with E-state index in [-0.39, 0.29) is 0 Å². The van der Waals surface area contributed by atoms with Gasteiger partial charge in [0.2, 0.25) is 0 Å². The molecule has 2 rings (SSSR count). The second-order valence-electron chi connectivity index (χ2n) is 3.75. The first-order valence-electron chi connectivity index (χ1n) is 4.71. The van der Waals surface area contributed by atoms with Crippen LogP contribution in [0.15, 0.2) is 5.38 Å². The third-order valence-corrected chi connectivity index (χ3v) is 3.36. The Hall–Kier alpha value is -0.770. The third kappa shape index (κ3) is 1.94. The molecular weight excluding hydrogens is 182 g/mol. The summed E-state index contributed by atoms with van der Waals surface area (Å²) in [4.78, 5) is 6.63. The van der Waals surface area contributed by atoms with E-state index in [0.717, 1.165) is 24.1 Å². The minimum atomic E-state index is 0.651. The van der Waals surface area contributed by atoms with E-state index >= 15 is 0 Å². The molecule has 3 nitrogen and oxygen atoms in total. The highest BCUT2D eigenvalue weighted by molar-refractivity contribution is 7.14. The van der Waals surface area contributed by atoms with Crippen LogP contribution in [-0.2, 0) is 0 Å². The van der Waals surface area contributed by atoms with Crippen LogP contribution < -0.4 is 10.6 Å². The van der Waals surface area contributed by atoms with Crippen LogP contribution >= 0.6 is 11.3 Å². The van der Waals surface area contributed by atoms with Gasteiger partial charge in [-0.25, -0.2) is 4.98 Å². The number of nitrogens with zero attached hydrogens (tertiary/aromatic N) is 2. The lowest BCUT2D eigenvalue weighted by atomic mass is 10.0. The molecule has 1 atom stereocenters. The summed E-state index contributed by atoms with van der Waals surface area (Å²) in [7, 11) is 0. The Morgan fingerprint density at radius 1 is 1.69 bits per heavy atom. The van der Waals surface area contributed by atoms with E-state index in [1.165, 1.54) is 12.8 Å². The van der Waals surface area contributed by atoms with Gasteiger partial charge in [-0.2, -0.15) is 0 Å². The first-order valence-corrected chi connectivity index (χ1v) is 5.59. The van der Waals surface area contributed by atoms with Crippen molar-refractivity contribution in [3.63, 3.8) is 0 Å². The number of aromatic nitrogens is 1. The molecule has 0 unspecified atom stereocenters. The lowest BCUT2D eigenvalue weighted by Crippen LogP contribution is -2.34. The Balaban J connectivity index is 2.08. The van der Waals surface area contributed by atoms with Gasteiger partial charge in [0, 0.05) is 18.5 Å². The summed E-state index contributed by atoms with van der Waals surface area (Å²) >= 11 is 1.65. The number of rotatable bonds is 1. The van der Waals surface area contributed by atoms with Gasteiger partial charge in [-0.15, -0.1) is 11.3 Å². The van der Waals surface area contributed by atoms with Gasteiger partial charge in [0.05, 0.1) is 0 Å². The predicted octanol–water partition coefficient (Wildman–Crippen LogP) is 1.96. The van der Waals surface area contributed by atoms with Gasteiger partial charge in [0.15, 0.2) is 5.13 Å². The van der Waals surface area contributed by atoms with E-state index in [1.54, 1.807) is 11.3 Å². The maximum atomic E-state index is 5.59. The quantitative estimate of drug-likeness (QED) is 0.748. The average molecular weight is 197 g/mol. The zero-order valence-corrected chi connectivity index (χ0v) is 8.68. The van der Waals surface area contributed by atoms with Crippen LogP contribution in [0.4, 0.5) is 10.9 Å². The fourth-order valence-electron chi connectivity index (χ4n) is 1.78. The highest BCUT2D eigenvalue weighted by Gasteiger charge is 2.18. The zero-order valence-electron chi connectivity index (χ0n) is 7.86. The number of nitrogens with two attached hydrogens (primary N) is 1. The average Bonchev–Trinajstić information content (AvgIpc) is 2.52. The van der Waals surface area contributed by atoms with Gasteiger partial charge in [-0.05, 0) is 18.8 Å². The van der Waals surface area contributed by atoms with Gasteiger partial charge >= 0.3 is 0 Å². The molecule has 0 saturated carbocycles. The normalized spacial score (nSPS) is 23.5. The van der Waals surface area contributed by atoms with Crippen molar-refractivity contribution in [3.8, 4) is 0 Å². The maximum absolute atomic E-state index is 5.59. The Kier molecular flexibility index (Phi) is 2.40. The predicted molar refractivity (Wildman–Crippen MR) is 57.1 cm³/mol. The molecule has 0 amide bonds. The van der Waals surface area contributed by atoms with Crippen LogP contribution in [0.2, 0.25) is 0 Å². The molecule has 13 heavy (non-hydrogen) atoms. The molecule has 1 saturated heterocycles. The number of hydrogen-bond acceptors (Lipinski definition) is 4.